The van der Waals surface area contributed by atoms with Crippen LogP contribution in [-0.4, -0.2) is 14.6 Å². The molecule has 0 aromatic carbocycles. The standard InChI is InChI=1S/C13H14N4O/c1-9-7-12-13(14-5-6-17(12)16-9)15-8-11-4-3-10(2)18-11/h3-7H,8H2,1-2H3,(H,14,15). The van der Waals surface area contributed by atoms with Gasteiger partial charge in [0.2, 0.25) is 0 Å². The van der Waals surface area contributed by atoms with Crippen molar-refractivity contribution in [2.45, 2.75) is 20.4 Å². The van der Waals surface area contributed by atoms with Gasteiger partial charge in [-0.3, -0.25) is 0 Å². The molecule has 3 heterocycles. The summed E-state index contributed by atoms with van der Waals surface area (Å²) in [6.07, 6.45) is 3.57. The summed E-state index contributed by atoms with van der Waals surface area (Å²) in [6.45, 7) is 4.51. The highest BCUT2D eigenvalue weighted by Gasteiger charge is 2.05. The topological polar surface area (TPSA) is 55.4 Å². The van der Waals surface area contributed by atoms with Gasteiger partial charge < -0.3 is 9.73 Å². The number of aryl methyl sites for hydroxylation is 2. The Kier molecular flexibility index (Phi) is 2.51. The van der Waals surface area contributed by atoms with E-state index >= 15 is 0 Å². The van der Waals surface area contributed by atoms with Crippen molar-refractivity contribution in [3.8, 4) is 0 Å². The van der Waals surface area contributed by atoms with Crippen molar-refractivity contribution in [3.05, 3.63) is 47.8 Å². The van der Waals surface area contributed by atoms with Crippen molar-refractivity contribution in [3.63, 3.8) is 0 Å². The van der Waals surface area contributed by atoms with Crippen molar-refractivity contribution in [2.24, 2.45) is 0 Å². The zero-order valence-corrected chi connectivity index (χ0v) is 10.3. The summed E-state index contributed by atoms with van der Waals surface area (Å²) < 4.78 is 7.33. The Labute approximate surface area is 104 Å². The first kappa shape index (κ1) is 10.8. The molecular weight excluding hydrogens is 228 g/mol. The van der Waals surface area contributed by atoms with Crippen molar-refractivity contribution in [1.29, 1.82) is 0 Å². The van der Waals surface area contributed by atoms with Crippen LogP contribution in [-0.2, 0) is 6.54 Å². The molecule has 18 heavy (non-hydrogen) atoms. The minimum Gasteiger partial charge on any atom is -0.465 e. The van der Waals surface area contributed by atoms with E-state index in [4.69, 9.17) is 4.42 Å². The van der Waals surface area contributed by atoms with Gasteiger partial charge in [0.25, 0.3) is 0 Å². The highest BCUT2D eigenvalue weighted by molar-refractivity contribution is 5.67. The maximum absolute atomic E-state index is 5.51. The van der Waals surface area contributed by atoms with Gasteiger partial charge in [-0.05, 0) is 32.0 Å². The van der Waals surface area contributed by atoms with Gasteiger partial charge in [0.1, 0.15) is 17.0 Å². The number of hydrogen-bond acceptors (Lipinski definition) is 4. The third kappa shape index (κ3) is 1.95. The Hall–Kier alpha value is -2.30. The second-order valence-electron chi connectivity index (χ2n) is 4.26. The van der Waals surface area contributed by atoms with Crippen LogP contribution in [0.25, 0.3) is 5.52 Å². The fourth-order valence-corrected chi connectivity index (χ4v) is 1.93. The number of nitrogens with one attached hydrogen (secondary N) is 1. The predicted molar refractivity (Wildman–Crippen MR) is 68.5 cm³/mol. The Morgan fingerprint density at radius 3 is 3.00 bits per heavy atom. The Bertz CT molecular complexity index is 683. The lowest BCUT2D eigenvalue weighted by Crippen LogP contribution is -2.02. The summed E-state index contributed by atoms with van der Waals surface area (Å²) in [5.41, 5.74) is 1.94. The molecule has 0 saturated heterocycles. The number of hydrogen-bond donors (Lipinski definition) is 1. The van der Waals surface area contributed by atoms with Gasteiger partial charge in [-0.15, -0.1) is 0 Å². The Morgan fingerprint density at radius 1 is 1.33 bits per heavy atom. The van der Waals surface area contributed by atoms with E-state index in [9.17, 15) is 0 Å². The summed E-state index contributed by atoms with van der Waals surface area (Å²) in [5.74, 6) is 2.62. The van der Waals surface area contributed by atoms with Crippen LogP contribution >= 0.6 is 0 Å². The van der Waals surface area contributed by atoms with Crippen molar-refractivity contribution in [1.82, 2.24) is 14.6 Å². The molecule has 1 N–H and O–H groups in total. The molecule has 5 nitrogen and oxygen atoms in total. The minimum atomic E-state index is 0.616. The summed E-state index contributed by atoms with van der Waals surface area (Å²) >= 11 is 0. The van der Waals surface area contributed by atoms with E-state index in [1.807, 2.05) is 42.8 Å². The van der Waals surface area contributed by atoms with Gasteiger partial charge in [0.15, 0.2) is 5.82 Å². The first-order chi connectivity index (χ1) is 8.72. The van der Waals surface area contributed by atoms with E-state index in [0.717, 1.165) is 28.5 Å². The van der Waals surface area contributed by atoms with Crippen molar-refractivity contribution < 1.29 is 4.42 Å². The van der Waals surface area contributed by atoms with E-state index in [-0.39, 0.29) is 0 Å². The van der Waals surface area contributed by atoms with Crippen LogP contribution in [0, 0.1) is 13.8 Å². The first-order valence-electron chi connectivity index (χ1n) is 5.82. The van der Waals surface area contributed by atoms with Gasteiger partial charge in [-0.1, -0.05) is 0 Å². The van der Waals surface area contributed by atoms with Crippen LogP contribution in [0.1, 0.15) is 17.2 Å². The van der Waals surface area contributed by atoms with E-state index < -0.39 is 0 Å². The van der Waals surface area contributed by atoms with Gasteiger partial charge in [0.05, 0.1) is 12.2 Å². The molecule has 3 rings (SSSR count). The number of furan rings is 1. The molecule has 0 aliphatic carbocycles. The lowest BCUT2D eigenvalue weighted by Gasteiger charge is -2.04. The molecule has 0 aliphatic rings. The molecule has 0 bridgehead atoms. The molecule has 0 amide bonds. The van der Waals surface area contributed by atoms with E-state index in [1.54, 1.807) is 6.20 Å². The number of anilines is 1. The van der Waals surface area contributed by atoms with Crippen LogP contribution < -0.4 is 5.32 Å². The first-order valence-corrected chi connectivity index (χ1v) is 5.82. The maximum Gasteiger partial charge on any atom is 0.152 e. The molecule has 0 spiro atoms. The molecule has 0 radical (unpaired) electrons. The molecule has 0 aliphatic heterocycles. The number of aromatic nitrogens is 3. The lowest BCUT2D eigenvalue weighted by atomic mass is 10.4. The largest absolute Gasteiger partial charge is 0.465 e. The van der Waals surface area contributed by atoms with Crippen LogP contribution in [0.3, 0.4) is 0 Å². The molecule has 92 valence electrons. The summed E-state index contributed by atoms with van der Waals surface area (Å²) in [6, 6.07) is 5.92. The minimum absolute atomic E-state index is 0.616. The molecule has 0 saturated carbocycles. The molecule has 3 aromatic rings. The summed E-state index contributed by atoms with van der Waals surface area (Å²) in [4.78, 5) is 4.33. The van der Waals surface area contributed by atoms with Gasteiger partial charge in [-0.25, -0.2) is 9.50 Å². The number of rotatable bonds is 3. The smallest absolute Gasteiger partial charge is 0.152 e. The highest BCUT2D eigenvalue weighted by Crippen LogP contribution is 2.16. The van der Waals surface area contributed by atoms with Gasteiger partial charge >= 0.3 is 0 Å². The monoisotopic (exact) mass is 242 g/mol. The number of nitrogens with zero attached hydrogens (tertiary/aromatic N) is 3. The molecule has 5 heteroatoms. The zero-order valence-electron chi connectivity index (χ0n) is 10.3. The van der Waals surface area contributed by atoms with E-state index in [1.165, 1.54) is 0 Å². The maximum atomic E-state index is 5.51. The molecule has 0 atom stereocenters. The predicted octanol–water partition coefficient (Wildman–Crippen LogP) is 2.55. The highest BCUT2D eigenvalue weighted by atomic mass is 16.3. The third-order valence-electron chi connectivity index (χ3n) is 2.74. The fraction of sp³-hybridized carbons (Fsp3) is 0.231. The Balaban J connectivity index is 1.86. The van der Waals surface area contributed by atoms with E-state index in [0.29, 0.717) is 6.54 Å². The Morgan fingerprint density at radius 2 is 2.22 bits per heavy atom. The lowest BCUT2D eigenvalue weighted by molar-refractivity contribution is 0.490. The van der Waals surface area contributed by atoms with Crippen molar-refractivity contribution in [2.75, 3.05) is 5.32 Å². The van der Waals surface area contributed by atoms with Crippen LogP contribution in [0.4, 0.5) is 5.82 Å². The van der Waals surface area contributed by atoms with Crippen molar-refractivity contribution >= 4 is 11.3 Å². The molecule has 0 unspecified atom stereocenters. The average molecular weight is 242 g/mol. The van der Waals surface area contributed by atoms with Crippen LogP contribution in [0.2, 0.25) is 0 Å². The molecule has 0 fully saturated rings. The van der Waals surface area contributed by atoms with E-state index in [2.05, 4.69) is 15.4 Å². The van der Waals surface area contributed by atoms with Gasteiger partial charge in [-0.2, -0.15) is 5.10 Å². The quantitative estimate of drug-likeness (QED) is 0.766. The SMILES string of the molecule is Cc1cc2c(NCc3ccc(C)o3)nccn2n1. The normalized spacial score (nSPS) is 11.0. The molecule has 3 aromatic heterocycles. The zero-order chi connectivity index (χ0) is 12.5. The second-order valence-corrected chi connectivity index (χ2v) is 4.26. The average Bonchev–Trinajstić information content (AvgIpc) is 2.91. The summed E-state index contributed by atoms with van der Waals surface area (Å²) in [5, 5.41) is 7.61. The van der Waals surface area contributed by atoms with Crippen LogP contribution in [0.15, 0.2) is 35.0 Å². The second kappa shape index (κ2) is 4.18. The molecular formula is C13H14N4O. The van der Waals surface area contributed by atoms with Gasteiger partial charge in [0, 0.05) is 12.4 Å². The fourth-order valence-electron chi connectivity index (χ4n) is 1.93. The number of fused-ring (bicyclic) bond motifs is 1. The van der Waals surface area contributed by atoms with Crippen LogP contribution in [0.5, 0.6) is 0 Å². The third-order valence-corrected chi connectivity index (χ3v) is 2.74. The summed E-state index contributed by atoms with van der Waals surface area (Å²) in [7, 11) is 0.